The van der Waals surface area contributed by atoms with E-state index in [1.165, 1.54) is 4.90 Å². The average Bonchev–Trinajstić information content (AvgIpc) is 2.66. The molecule has 0 aromatic heterocycles. The van der Waals surface area contributed by atoms with E-state index in [-0.39, 0.29) is 0 Å². The third kappa shape index (κ3) is 3.09. The van der Waals surface area contributed by atoms with Gasteiger partial charge in [-0.2, -0.15) is 0 Å². The summed E-state index contributed by atoms with van der Waals surface area (Å²) in [6.45, 7) is 0. The molecule has 0 spiro atoms. The molecule has 0 atom stereocenters. The molecule has 3 rings (SSSR count). The van der Waals surface area contributed by atoms with Crippen LogP contribution in [0, 0.1) is 24.9 Å². The number of nitrogens with zero attached hydrogens (tertiary/aromatic N) is 2. The van der Waals surface area contributed by atoms with Crippen LogP contribution in [0.5, 0.6) is 0 Å². The van der Waals surface area contributed by atoms with Crippen molar-refractivity contribution in [3.63, 3.8) is 0 Å². The monoisotopic (exact) mass is 308 g/mol. The molecule has 0 saturated heterocycles. The third-order valence-electron chi connectivity index (χ3n) is 3.65. The van der Waals surface area contributed by atoms with Crippen molar-refractivity contribution < 1.29 is 0 Å². The second-order valence-corrected chi connectivity index (χ2v) is 5.12. The smallest absolute Gasteiger partial charge is 0.0637 e. The van der Waals surface area contributed by atoms with Crippen molar-refractivity contribution in [2.24, 2.45) is 0 Å². The maximum atomic E-state index is 5.42. The molecule has 0 amide bonds. The van der Waals surface area contributed by atoms with Crippen molar-refractivity contribution in [3.05, 3.63) is 84.9 Å². The molecule has 0 radical (unpaired) electrons. The highest BCUT2D eigenvalue weighted by Gasteiger charge is 2.12. The Hall–Kier alpha value is -3.62. The molecule has 24 heavy (non-hydrogen) atoms. The van der Waals surface area contributed by atoms with E-state index in [2.05, 4.69) is 41.3 Å². The van der Waals surface area contributed by atoms with Crippen molar-refractivity contribution >= 4 is 22.7 Å². The molecule has 0 unspecified atom stereocenters. The van der Waals surface area contributed by atoms with Gasteiger partial charge in [-0.3, -0.25) is 0 Å². The topological polar surface area (TPSA) is 6.48 Å². The van der Waals surface area contributed by atoms with Crippen molar-refractivity contribution in [1.82, 2.24) is 0 Å². The first-order valence-corrected chi connectivity index (χ1v) is 7.56. The molecule has 0 saturated carbocycles. The molecule has 0 N–H and O–H groups in total. The fraction of sp³-hybridized carbons (Fsp3) is 0. The zero-order chi connectivity index (χ0) is 16.8. The van der Waals surface area contributed by atoms with E-state index in [0.29, 0.717) is 0 Å². The van der Waals surface area contributed by atoms with Crippen LogP contribution in [0.3, 0.4) is 0 Å². The first-order chi connectivity index (χ1) is 11.8. The molecule has 0 aliphatic carbocycles. The lowest BCUT2D eigenvalue weighted by atomic mass is 10.2. The van der Waals surface area contributed by atoms with Crippen LogP contribution >= 0.6 is 0 Å². The van der Waals surface area contributed by atoms with Gasteiger partial charge in [-0.25, -0.2) is 4.90 Å². The van der Waals surface area contributed by atoms with Crippen LogP contribution in [0.25, 0.3) is 0 Å². The van der Waals surface area contributed by atoms with Gasteiger partial charge in [-0.15, -0.1) is 0 Å². The lowest BCUT2D eigenvalue weighted by molar-refractivity contribution is 1.28. The number of hydrogen-bond acceptors (Lipinski definition) is 2. The summed E-state index contributed by atoms with van der Waals surface area (Å²) in [7, 11) is 0. The minimum Gasteiger partial charge on any atom is -0.311 e. The Balaban J connectivity index is 2.04. The second-order valence-electron chi connectivity index (χ2n) is 5.12. The summed E-state index contributed by atoms with van der Waals surface area (Å²) in [6, 6.07) is 33.2. The Labute approximate surface area is 143 Å². The van der Waals surface area contributed by atoms with Crippen molar-refractivity contribution in [1.29, 1.82) is 0 Å². The summed E-state index contributed by atoms with van der Waals surface area (Å²) in [5.41, 5.74) is 4.00. The summed E-state index contributed by atoms with van der Waals surface area (Å²) in [6.07, 6.45) is 10.8. The fourth-order valence-electron chi connectivity index (χ4n) is 2.54. The van der Waals surface area contributed by atoms with Gasteiger partial charge in [-0.1, -0.05) is 49.2 Å². The largest absolute Gasteiger partial charge is 0.311 e. The standard InChI is InChI=1S/C22H16N2/c1-3-23(4-2)19-15-17-22(18-16-19)24(20-11-7-5-8-12-20)21-13-9-6-10-14-21/h1-2,5-18H. The van der Waals surface area contributed by atoms with E-state index in [4.69, 9.17) is 12.8 Å². The average molecular weight is 308 g/mol. The van der Waals surface area contributed by atoms with Crippen molar-refractivity contribution in [2.75, 3.05) is 9.80 Å². The van der Waals surface area contributed by atoms with E-state index >= 15 is 0 Å². The van der Waals surface area contributed by atoms with E-state index in [1.54, 1.807) is 0 Å². The molecular weight excluding hydrogens is 292 g/mol. The first-order valence-electron chi connectivity index (χ1n) is 7.56. The molecule has 0 aliphatic heterocycles. The number of benzene rings is 3. The van der Waals surface area contributed by atoms with Gasteiger partial charge >= 0.3 is 0 Å². The van der Waals surface area contributed by atoms with Gasteiger partial charge in [0.25, 0.3) is 0 Å². The molecule has 0 bridgehead atoms. The highest BCUT2D eigenvalue weighted by Crippen LogP contribution is 2.34. The minimum atomic E-state index is 0.796. The third-order valence-corrected chi connectivity index (χ3v) is 3.65. The minimum absolute atomic E-state index is 0.796. The van der Waals surface area contributed by atoms with Crippen LogP contribution in [-0.2, 0) is 0 Å². The van der Waals surface area contributed by atoms with Gasteiger partial charge < -0.3 is 4.90 Å². The van der Waals surface area contributed by atoms with Gasteiger partial charge in [0.15, 0.2) is 0 Å². The Morgan fingerprint density at radius 2 is 0.875 bits per heavy atom. The second kappa shape index (κ2) is 7.09. The maximum absolute atomic E-state index is 5.42. The van der Waals surface area contributed by atoms with Gasteiger partial charge in [0.2, 0.25) is 0 Å². The predicted octanol–water partition coefficient (Wildman–Crippen LogP) is 5.14. The molecule has 114 valence electrons. The first kappa shape index (κ1) is 15.3. The summed E-state index contributed by atoms with van der Waals surface area (Å²) in [5.74, 6) is 0. The summed E-state index contributed by atoms with van der Waals surface area (Å²) >= 11 is 0. The Morgan fingerprint density at radius 3 is 1.29 bits per heavy atom. The van der Waals surface area contributed by atoms with Crippen LogP contribution in [-0.4, -0.2) is 0 Å². The van der Waals surface area contributed by atoms with Crippen LogP contribution in [0.2, 0.25) is 0 Å². The number of rotatable bonds is 4. The normalized spacial score (nSPS) is 9.58. The highest BCUT2D eigenvalue weighted by molar-refractivity contribution is 5.77. The molecule has 3 aromatic rings. The molecule has 2 nitrogen and oxygen atoms in total. The lowest BCUT2D eigenvalue weighted by Gasteiger charge is -2.25. The quantitative estimate of drug-likeness (QED) is 0.486. The lowest BCUT2D eigenvalue weighted by Crippen LogP contribution is -2.11. The summed E-state index contributed by atoms with van der Waals surface area (Å²) < 4.78 is 0. The van der Waals surface area contributed by atoms with Gasteiger partial charge in [0.1, 0.15) is 0 Å². The molecule has 0 fully saturated rings. The molecule has 0 heterocycles. The van der Waals surface area contributed by atoms with E-state index in [9.17, 15) is 0 Å². The summed E-state index contributed by atoms with van der Waals surface area (Å²) in [4.78, 5) is 3.60. The predicted molar refractivity (Wildman–Crippen MR) is 101 cm³/mol. The molecule has 3 aromatic carbocycles. The van der Waals surface area contributed by atoms with Crippen molar-refractivity contribution in [3.8, 4) is 24.9 Å². The van der Waals surface area contributed by atoms with Gasteiger partial charge in [0.05, 0.1) is 5.69 Å². The fourth-order valence-corrected chi connectivity index (χ4v) is 2.54. The Bertz CT molecular complexity index is 816. The van der Waals surface area contributed by atoms with E-state index in [1.807, 2.05) is 60.7 Å². The van der Waals surface area contributed by atoms with Crippen LogP contribution < -0.4 is 9.80 Å². The number of para-hydroxylation sites is 2. The van der Waals surface area contributed by atoms with E-state index in [0.717, 1.165) is 22.7 Å². The van der Waals surface area contributed by atoms with Crippen LogP contribution in [0.1, 0.15) is 0 Å². The van der Waals surface area contributed by atoms with Crippen LogP contribution in [0.15, 0.2) is 84.9 Å². The molecular formula is C22H16N2. The Kier molecular flexibility index (Phi) is 4.52. The zero-order valence-corrected chi connectivity index (χ0v) is 13.1. The van der Waals surface area contributed by atoms with E-state index < -0.39 is 0 Å². The Morgan fingerprint density at radius 1 is 0.500 bits per heavy atom. The highest BCUT2D eigenvalue weighted by atomic mass is 15.1. The zero-order valence-electron chi connectivity index (χ0n) is 13.1. The number of terminal acetylenes is 2. The molecule has 0 aliphatic rings. The van der Waals surface area contributed by atoms with Crippen molar-refractivity contribution in [2.45, 2.75) is 0 Å². The van der Waals surface area contributed by atoms with Gasteiger partial charge in [-0.05, 0) is 48.5 Å². The SMILES string of the molecule is C#CN(C#C)c1ccc(N(c2ccccc2)c2ccccc2)cc1. The number of anilines is 4. The number of hydrogen-bond donors (Lipinski definition) is 0. The summed E-state index contributed by atoms with van der Waals surface area (Å²) in [5, 5.41) is 0. The molecule has 2 heteroatoms. The van der Waals surface area contributed by atoms with Gasteiger partial charge in [0, 0.05) is 29.2 Å². The van der Waals surface area contributed by atoms with Crippen LogP contribution in [0.4, 0.5) is 22.7 Å². The maximum Gasteiger partial charge on any atom is 0.0637 e.